The van der Waals surface area contributed by atoms with E-state index in [0.717, 1.165) is 0 Å². The van der Waals surface area contributed by atoms with Gasteiger partial charge < -0.3 is 19.7 Å². The summed E-state index contributed by atoms with van der Waals surface area (Å²) < 4.78 is 10.2. The molecule has 0 spiro atoms. The van der Waals surface area contributed by atoms with Crippen LogP contribution in [0.25, 0.3) is 0 Å². The third-order valence-corrected chi connectivity index (χ3v) is 4.44. The summed E-state index contributed by atoms with van der Waals surface area (Å²) in [5, 5.41) is 5.40. The van der Waals surface area contributed by atoms with E-state index in [4.69, 9.17) is 17.0 Å². The van der Waals surface area contributed by atoms with Crippen molar-refractivity contribution in [2.75, 3.05) is 26.8 Å². The molecular formula is C19H25N3O5S. The molecule has 28 heavy (non-hydrogen) atoms. The number of benzene rings is 1. The van der Waals surface area contributed by atoms with Crippen LogP contribution in [0, 0.1) is 5.92 Å². The zero-order chi connectivity index (χ0) is 20.7. The number of hydrogen-bond donors (Lipinski definition) is 2. The predicted octanol–water partition coefficient (Wildman–Crippen LogP) is 1.10. The second kappa shape index (κ2) is 10.0. The summed E-state index contributed by atoms with van der Waals surface area (Å²) in [5.74, 6) is -0.181. The van der Waals surface area contributed by atoms with Crippen molar-refractivity contribution in [2.24, 2.45) is 5.92 Å². The number of ether oxygens (including phenoxy) is 2. The fraction of sp³-hybridized carbons (Fsp3) is 0.474. The minimum absolute atomic E-state index is 0.0916. The Bertz CT molecular complexity index is 736. The fourth-order valence-corrected chi connectivity index (χ4v) is 2.92. The van der Waals surface area contributed by atoms with Crippen molar-refractivity contribution in [1.82, 2.24) is 15.5 Å². The lowest BCUT2D eigenvalue weighted by Crippen LogP contribution is -2.60. The summed E-state index contributed by atoms with van der Waals surface area (Å²) in [4.78, 5) is 37.7. The molecule has 8 nitrogen and oxygen atoms in total. The molecule has 1 heterocycles. The predicted molar refractivity (Wildman–Crippen MR) is 107 cm³/mol. The average molecular weight is 407 g/mol. The maximum absolute atomic E-state index is 12.5. The molecule has 2 amide bonds. The van der Waals surface area contributed by atoms with Crippen molar-refractivity contribution >= 4 is 35.1 Å². The lowest BCUT2D eigenvalue weighted by Gasteiger charge is -2.36. The molecule has 1 aromatic carbocycles. The highest BCUT2D eigenvalue weighted by Crippen LogP contribution is 2.14. The summed E-state index contributed by atoms with van der Waals surface area (Å²) in [6.07, 6.45) is -0.153. The van der Waals surface area contributed by atoms with Crippen molar-refractivity contribution < 1.29 is 23.9 Å². The van der Waals surface area contributed by atoms with Crippen LogP contribution in [-0.2, 0) is 14.3 Å². The van der Waals surface area contributed by atoms with E-state index in [1.807, 2.05) is 0 Å². The molecule has 0 aliphatic carbocycles. The molecule has 1 saturated heterocycles. The maximum Gasteiger partial charge on any atom is 0.308 e. The molecule has 1 fully saturated rings. The largest absolute Gasteiger partial charge is 0.493 e. The van der Waals surface area contributed by atoms with Gasteiger partial charge in [0.25, 0.3) is 5.91 Å². The van der Waals surface area contributed by atoms with E-state index >= 15 is 0 Å². The molecular weight excluding hydrogens is 382 g/mol. The Balaban J connectivity index is 2.00. The van der Waals surface area contributed by atoms with Crippen molar-refractivity contribution in [3.8, 4) is 5.75 Å². The van der Waals surface area contributed by atoms with E-state index in [9.17, 15) is 14.4 Å². The first-order valence-electron chi connectivity index (χ1n) is 9.01. The van der Waals surface area contributed by atoms with Crippen LogP contribution >= 0.6 is 12.2 Å². The van der Waals surface area contributed by atoms with Crippen molar-refractivity contribution in [2.45, 2.75) is 26.3 Å². The van der Waals surface area contributed by atoms with Crippen molar-refractivity contribution in [3.05, 3.63) is 29.8 Å². The first-order chi connectivity index (χ1) is 13.3. The van der Waals surface area contributed by atoms with Crippen LogP contribution in [0.5, 0.6) is 5.75 Å². The van der Waals surface area contributed by atoms with E-state index in [0.29, 0.717) is 36.9 Å². The van der Waals surface area contributed by atoms with Gasteiger partial charge in [-0.05, 0) is 42.4 Å². The number of methoxy groups -OCH3 is 1. The molecule has 2 N–H and O–H groups in total. The Labute approximate surface area is 169 Å². The first kappa shape index (κ1) is 21.6. The van der Waals surface area contributed by atoms with Crippen LogP contribution in [0.1, 0.15) is 30.6 Å². The monoisotopic (exact) mass is 407 g/mol. The molecule has 0 aromatic heterocycles. The van der Waals surface area contributed by atoms with E-state index in [-0.39, 0.29) is 17.4 Å². The van der Waals surface area contributed by atoms with Gasteiger partial charge in [-0.1, -0.05) is 13.8 Å². The van der Waals surface area contributed by atoms with Crippen LogP contribution in [-0.4, -0.2) is 60.6 Å². The highest BCUT2D eigenvalue weighted by molar-refractivity contribution is 7.80. The Morgan fingerprint density at radius 1 is 1.32 bits per heavy atom. The molecule has 1 aliphatic heterocycles. The number of thiocarbonyl (C=S) groups is 1. The number of carbonyl (C=O) groups excluding carboxylic acids is 3. The third kappa shape index (κ3) is 5.91. The van der Waals surface area contributed by atoms with Crippen LogP contribution in [0.15, 0.2) is 24.3 Å². The molecule has 0 saturated carbocycles. The molecule has 0 bridgehead atoms. The quantitative estimate of drug-likeness (QED) is 0.538. The molecule has 9 heteroatoms. The smallest absolute Gasteiger partial charge is 0.308 e. The van der Waals surface area contributed by atoms with E-state index in [2.05, 4.69) is 29.2 Å². The zero-order valence-corrected chi connectivity index (χ0v) is 17.0. The summed E-state index contributed by atoms with van der Waals surface area (Å²) in [6.45, 7) is 5.45. The molecule has 152 valence electrons. The van der Waals surface area contributed by atoms with Crippen LogP contribution in [0.2, 0.25) is 0 Å². The number of esters is 1. The van der Waals surface area contributed by atoms with Crippen LogP contribution < -0.4 is 15.4 Å². The van der Waals surface area contributed by atoms with E-state index < -0.39 is 17.9 Å². The number of piperazine rings is 1. The number of rotatable bonds is 6. The normalized spacial score (nSPS) is 16.4. The Morgan fingerprint density at radius 3 is 2.61 bits per heavy atom. The summed E-state index contributed by atoms with van der Waals surface area (Å²) in [5.41, 5.74) is 0.408. The third-order valence-electron chi connectivity index (χ3n) is 4.10. The van der Waals surface area contributed by atoms with Gasteiger partial charge in [-0.2, -0.15) is 0 Å². The standard InChI is InChI=1S/C19H25N3O5S/c1-12(2)11-27-14-6-4-13(5-7-14)17(24)21-19(28)22-9-8-20-18(25)15(22)10-16(23)26-3/h4-7,12,15H,8-11H2,1-3H3,(H,20,25)(H,21,24,28)/t15-/m1/s1. The SMILES string of the molecule is COC(=O)C[C@@H]1C(=O)NCCN1C(=S)NC(=O)c1ccc(OCC(C)C)cc1. The van der Waals surface area contributed by atoms with Gasteiger partial charge >= 0.3 is 5.97 Å². The van der Waals surface area contributed by atoms with Crippen molar-refractivity contribution in [1.29, 1.82) is 0 Å². The van der Waals surface area contributed by atoms with Crippen LogP contribution in [0.3, 0.4) is 0 Å². The van der Waals surface area contributed by atoms with Gasteiger partial charge in [0.2, 0.25) is 5.91 Å². The number of hydrogen-bond acceptors (Lipinski definition) is 6. The topological polar surface area (TPSA) is 97.0 Å². The highest BCUT2D eigenvalue weighted by Gasteiger charge is 2.34. The minimum atomic E-state index is -0.819. The number of nitrogens with zero attached hydrogens (tertiary/aromatic N) is 1. The van der Waals surface area contributed by atoms with Crippen LogP contribution in [0.4, 0.5) is 0 Å². The average Bonchev–Trinajstić information content (AvgIpc) is 2.67. The summed E-state index contributed by atoms with van der Waals surface area (Å²) in [7, 11) is 1.25. The minimum Gasteiger partial charge on any atom is -0.493 e. The second-order valence-electron chi connectivity index (χ2n) is 6.77. The molecule has 0 unspecified atom stereocenters. The Kier molecular flexibility index (Phi) is 7.74. The van der Waals surface area contributed by atoms with E-state index in [1.165, 1.54) is 12.0 Å². The maximum atomic E-state index is 12.5. The van der Waals surface area contributed by atoms with Gasteiger partial charge in [0.1, 0.15) is 11.8 Å². The second-order valence-corrected chi connectivity index (χ2v) is 7.16. The van der Waals surface area contributed by atoms with Gasteiger partial charge in [-0.25, -0.2) is 0 Å². The lowest BCUT2D eigenvalue weighted by atomic mass is 10.1. The first-order valence-corrected chi connectivity index (χ1v) is 9.42. The highest BCUT2D eigenvalue weighted by atomic mass is 32.1. The summed E-state index contributed by atoms with van der Waals surface area (Å²) in [6, 6.07) is 5.90. The van der Waals surface area contributed by atoms with E-state index in [1.54, 1.807) is 24.3 Å². The van der Waals surface area contributed by atoms with Gasteiger partial charge in [-0.3, -0.25) is 19.7 Å². The number of nitrogens with one attached hydrogen (secondary N) is 2. The molecule has 1 atom stereocenters. The zero-order valence-electron chi connectivity index (χ0n) is 16.2. The Hall–Kier alpha value is -2.68. The molecule has 2 rings (SSSR count). The molecule has 1 aromatic rings. The Morgan fingerprint density at radius 2 is 2.00 bits per heavy atom. The number of carbonyl (C=O) groups is 3. The van der Waals surface area contributed by atoms with Gasteiger partial charge in [0.05, 0.1) is 20.1 Å². The molecule has 1 aliphatic rings. The summed E-state index contributed by atoms with van der Waals surface area (Å²) >= 11 is 5.30. The van der Waals surface area contributed by atoms with Crippen molar-refractivity contribution in [3.63, 3.8) is 0 Å². The fourth-order valence-electron chi connectivity index (χ4n) is 2.61. The van der Waals surface area contributed by atoms with Gasteiger partial charge in [-0.15, -0.1) is 0 Å². The number of amides is 2. The van der Waals surface area contributed by atoms with Gasteiger partial charge in [0.15, 0.2) is 5.11 Å². The van der Waals surface area contributed by atoms with Gasteiger partial charge in [0, 0.05) is 18.7 Å². The lowest BCUT2D eigenvalue weighted by molar-refractivity contribution is -0.144. The molecule has 0 radical (unpaired) electrons.